The molecule has 0 aliphatic carbocycles. The van der Waals surface area contributed by atoms with Gasteiger partial charge in [0, 0.05) is 31.6 Å². The molecule has 0 bridgehead atoms. The summed E-state index contributed by atoms with van der Waals surface area (Å²) in [6, 6.07) is 1.18. The lowest BCUT2D eigenvalue weighted by atomic mass is 10.0. The molecule has 100 valence electrons. The number of pyridine rings is 1. The summed E-state index contributed by atoms with van der Waals surface area (Å²) in [5, 5.41) is 0. The zero-order valence-electron chi connectivity index (χ0n) is 10.1. The average Bonchev–Trinajstić information content (AvgIpc) is 2.75. The molecule has 0 saturated carbocycles. The Hall–Kier alpha value is -1.18. The van der Waals surface area contributed by atoms with Crippen molar-refractivity contribution < 1.29 is 13.2 Å². The molecule has 18 heavy (non-hydrogen) atoms. The number of aromatic nitrogens is 1. The molecule has 7 heteroatoms. The third-order valence-corrected chi connectivity index (χ3v) is 4.44. The van der Waals surface area contributed by atoms with Crippen LogP contribution in [0.3, 0.4) is 0 Å². The topological polar surface area (TPSA) is 88.3 Å². The molecule has 1 unspecified atom stereocenters. The number of ether oxygens (including phenoxy) is 1. The van der Waals surface area contributed by atoms with E-state index in [9.17, 15) is 13.2 Å². The quantitative estimate of drug-likeness (QED) is 0.821. The largest absolute Gasteiger partial charge is 0.374 e. The molecule has 1 fully saturated rings. The van der Waals surface area contributed by atoms with E-state index in [2.05, 4.69) is 9.71 Å². The maximum atomic E-state index is 12.0. The van der Waals surface area contributed by atoms with Crippen LogP contribution in [0.1, 0.15) is 19.8 Å². The molecule has 0 aromatic carbocycles. The molecule has 1 saturated heterocycles. The molecule has 0 spiro atoms. The molecular weight excluding hydrogens is 256 g/mol. The van der Waals surface area contributed by atoms with Crippen LogP contribution in [0.5, 0.6) is 0 Å². The number of H-pyrrole nitrogens is 1. The van der Waals surface area contributed by atoms with Gasteiger partial charge in [0.05, 0.1) is 5.60 Å². The number of rotatable bonds is 4. The van der Waals surface area contributed by atoms with Gasteiger partial charge >= 0.3 is 0 Å². The molecule has 2 heterocycles. The number of sulfonamides is 1. The van der Waals surface area contributed by atoms with Crippen LogP contribution in [0.4, 0.5) is 0 Å². The van der Waals surface area contributed by atoms with E-state index in [4.69, 9.17) is 4.74 Å². The van der Waals surface area contributed by atoms with Gasteiger partial charge in [-0.15, -0.1) is 0 Å². The molecule has 0 radical (unpaired) electrons. The molecule has 1 atom stereocenters. The summed E-state index contributed by atoms with van der Waals surface area (Å²) in [5.74, 6) is 0. The standard InChI is InChI=1S/C11H16N2O4S/c1-11(4-2-6-17-11)8-13-18(15,16)10-7-12-5-3-9(10)14/h3,5,7,13H,2,4,6,8H2,1H3,(H,12,14). The predicted octanol–water partition coefficient (Wildman–Crippen LogP) is 0.222. The van der Waals surface area contributed by atoms with Crippen LogP contribution in [0, 0.1) is 0 Å². The fraction of sp³-hybridized carbons (Fsp3) is 0.545. The molecule has 1 aliphatic rings. The van der Waals surface area contributed by atoms with E-state index in [1.165, 1.54) is 18.5 Å². The van der Waals surface area contributed by atoms with Gasteiger partial charge in [-0.2, -0.15) is 0 Å². The zero-order valence-corrected chi connectivity index (χ0v) is 10.9. The van der Waals surface area contributed by atoms with Crippen molar-refractivity contribution in [1.29, 1.82) is 0 Å². The van der Waals surface area contributed by atoms with E-state index in [0.29, 0.717) is 6.61 Å². The van der Waals surface area contributed by atoms with Crippen molar-refractivity contribution in [3.8, 4) is 0 Å². The lowest BCUT2D eigenvalue weighted by Crippen LogP contribution is -2.41. The summed E-state index contributed by atoms with van der Waals surface area (Å²) in [4.78, 5) is 13.8. The fourth-order valence-corrected chi connectivity index (χ4v) is 3.12. The lowest BCUT2D eigenvalue weighted by Gasteiger charge is -2.23. The third-order valence-electron chi connectivity index (χ3n) is 3.01. The van der Waals surface area contributed by atoms with Gasteiger partial charge in [0.15, 0.2) is 0 Å². The number of aromatic amines is 1. The van der Waals surface area contributed by atoms with Crippen molar-refractivity contribution in [3.63, 3.8) is 0 Å². The summed E-state index contributed by atoms with van der Waals surface area (Å²) in [6.45, 7) is 2.67. The van der Waals surface area contributed by atoms with Crippen molar-refractivity contribution >= 4 is 10.0 Å². The Morgan fingerprint density at radius 1 is 1.56 bits per heavy atom. The fourth-order valence-electron chi connectivity index (χ4n) is 1.91. The summed E-state index contributed by atoms with van der Waals surface area (Å²) in [7, 11) is -3.79. The number of hydrogen-bond acceptors (Lipinski definition) is 4. The van der Waals surface area contributed by atoms with E-state index < -0.39 is 21.1 Å². The summed E-state index contributed by atoms with van der Waals surface area (Å²) < 4.78 is 31.8. The molecule has 2 N–H and O–H groups in total. The first-order valence-corrected chi connectivity index (χ1v) is 7.22. The summed E-state index contributed by atoms with van der Waals surface area (Å²) >= 11 is 0. The highest BCUT2D eigenvalue weighted by Gasteiger charge is 2.31. The van der Waals surface area contributed by atoms with Crippen LogP contribution in [0.25, 0.3) is 0 Å². The van der Waals surface area contributed by atoms with Crippen molar-refractivity contribution in [2.24, 2.45) is 0 Å². The van der Waals surface area contributed by atoms with Gasteiger partial charge in [-0.05, 0) is 19.8 Å². The molecule has 1 aromatic heterocycles. The van der Waals surface area contributed by atoms with Crippen LogP contribution in [-0.4, -0.2) is 32.2 Å². The second-order valence-electron chi connectivity index (χ2n) is 4.60. The minimum atomic E-state index is -3.79. The maximum Gasteiger partial charge on any atom is 0.246 e. The van der Waals surface area contributed by atoms with Gasteiger partial charge in [-0.25, -0.2) is 13.1 Å². The second-order valence-corrected chi connectivity index (χ2v) is 6.33. The normalized spacial score (nSPS) is 24.3. The zero-order chi connectivity index (χ0) is 13.2. The SMILES string of the molecule is CC1(CNS(=O)(=O)c2c[nH]ccc2=O)CCCO1. The summed E-state index contributed by atoms with van der Waals surface area (Å²) in [6.07, 6.45) is 4.30. The van der Waals surface area contributed by atoms with Crippen molar-refractivity contribution in [2.45, 2.75) is 30.3 Å². The molecule has 1 aromatic rings. The Labute approximate surface area is 105 Å². The molecule has 0 amide bonds. The second kappa shape index (κ2) is 4.83. The third kappa shape index (κ3) is 2.80. The van der Waals surface area contributed by atoms with Gasteiger partial charge in [0.1, 0.15) is 4.90 Å². The minimum absolute atomic E-state index is 0.170. The van der Waals surface area contributed by atoms with Crippen LogP contribution < -0.4 is 10.2 Å². The van der Waals surface area contributed by atoms with E-state index >= 15 is 0 Å². The number of nitrogens with one attached hydrogen (secondary N) is 2. The Morgan fingerprint density at radius 3 is 2.94 bits per heavy atom. The first kappa shape index (κ1) is 13.3. The van der Waals surface area contributed by atoms with E-state index in [1.54, 1.807) is 0 Å². The number of hydrogen-bond donors (Lipinski definition) is 2. The molecule has 6 nitrogen and oxygen atoms in total. The van der Waals surface area contributed by atoms with E-state index in [1.807, 2.05) is 6.92 Å². The van der Waals surface area contributed by atoms with E-state index in [0.717, 1.165) is 12.8 Å². The summed E-state index contributed by atoms with van der Waals surface area (Å²) in [5.41, 5.74) is -1.01. The van der Waals surface area contributed by atoms with Crippen LogP contribution in [-0.2, 0) is 14.8 Å². The highest BCUT2D eigenvalue weighted by molar-refractivity contribution is 7.89. The Bertz CT molecular complexity index is 573. The minimum Gasteiger partial charge on any atom is -0.374 e. The van der Waals surface area contributed by atoms with Crippen molar-refractivity contribution in [1.82, 2.24) is 9.71 Å². The monoisotopic (exact) mass is 272 g/mol. The van der Waals surface area contributed by atoms with Crippen LogP contribution >= 0.6 is 0 Å². The van der Waals surface area contributed by atoms with Gasteiger partial charge in [0.25, 0.3) is 0 Å². The Morgan fingerprint density at radius 2 is 2.33 bits per heavy atom. The molecule has 1 aliphatic heterocycles. The van der Waals surface area contributed by atoms with Crippen LogP contribution in [0.15, 0.2) is 28.2 Å². The highest BCUT2D eigenvalue weighted by Crippen LogP contribution is 2.24. The first-order valence-electron chi connectivity index (χ1n) is 5.74. The van der Waals surface area contributed by atoms with Gasteiger partial charge in [-0.1, -0.05) is 0 Å². The van der Waals surface area contributed by atoms with Crippen molar-refractivity contribution in [3.05, 3.63) is 28.7 Å². The van der Waals surface area contributed by atoms with Gasteiger partial charge < -0.3 is 9.72 Å². The van der Waals surface area contributed by atoms with Gasteiger partial charge in [-0.3, -0.25) is 4.79 Å². The highest BCUT2D eigenvalue weighted by atomic mass is 32.2. The molecular formula is C11H16N2O4S. The average molecular weight is 272 g/mol. The molecule has 2 rings (SSSR count). The van der Waals surface area contributed by atoms with E-state index in [-0.39, 0.29) is 11.4 Å². The van der Waals surface area contributed by atoms with Crippen molar-refractivity contribution in [2.75, 3.05) is 13.2 Å². The predicted molar refractivity (Wildman–Crippen MR) is 65.8 cm³/mol. The van der Waals surface area contributed by atoms with Gasteiger partial charge in [0.2, 0.25) is 15.5 Å². The smallest absolute Gasteiger partial charge is 0.246 e. The maximum absolute atomic E-state index is 12.0. The lowest BCUT2D eigenvalue weighted by molar-refractivity contribution is 0.0250. The Balaban J connectivity index is 2.13. The first-order chi connectivity index (χ1) is 8.43. The van der Waals surface area contributed by atoms with Crippen LogP contribution in [0.2, 0.25) is 0 Å². The Kier molecular flexibility index (Phi) is 3.56.